The van der Waals surface area contributed by atoms with E-state index in [1.807, 2.05) is 54.9 Å². The van der Waals surface area contributed by atoms with Crippen LogP contribution in [-0.2, 0) is 23.1 Å². The van der Waals surface area contributed by atoms with E-state index < -0.39 is 6.04 Å². The van der Waals surface area contributed by atoms with Crippen molar-refractivity contribution in [1.82, 2.24) is 9.88 Å². The molecule has 1 aromatic heterocycles. The van der Waals surface area contributed by atoms with Crippen LogP contribution in [0.3, 0.4) is 0 Å². The van der Waals surface area contributed by atoms with Crippen molar-refractivity contribution in [1.29, 1.82) is 5.26 Å². The van der Waals surface area contributed by atoms with Crippen LogP contribution in [0.4, 0.5) is 0 Å². The third kappa shape index (κ3) is 3.18. The third-order valence-corrected chi connectivity index (χ3v) is 3.82. The van der Waals surface area contributed by atoms with E-state index in [2.05, 4.69) is 11.4 Å². The summed E-state index contributed by atoms with van der Waals surface area (Å²) in [4.78, 5) is 12.0. The van der Waals surface area contributed by atoms with Crippen LogP contribution >= 0.6 is 0 Å². The van der Waals surface area contributed by atoms with Crippen molar-refractivity contribution >= 4 is 5.97 Å². The molecule has 0 saturated heterocycles. The van der Waals surface area contributed by atoms with Crippen LogP contribution in [-0.4, -0.2) is 17.6 Å². The number of nitrogens with one attached hydrogen (secondary N) is 1. The van der Waals surface area contributed by atoms with Crippen molar-refractivity contribution in [3.05, 3.63) is 58.9 Å². The highest BCUT2D eigenvalue weighted by molar-refractivity contribution is 5.77. The number of hydrogen-bond donors (Lipinski definition) is 1. The Hall–Kier alpha value is -2.58. The molecule has 114 valence electrons. The Morgan fingerprint density at radius 3 is 2.64 bits per heavy atom. The summed E-state index contributed by atoms with van der Waals surface area (Å²) in [5, 5.41) is 12.3. The number of aromatic nitrogens is 1. The minimum absolute atomic E-state index is 0.333. The van der Waals surface area contributed by atoms with E-state index in [4.69, 9.17) is 10.00 Å². The van der Waals surface area contributed by atoms with Gasteiger partial charge in [-0.1, -0.05) is 30.3 Å². The minimum Gasteiger partial charge on any atom is -0.468 e. The fourth-order valence-electron chi connectivity index (χ4n) is 2.36. The number of methoxy groups -OCH3 is 1. The molecule has 1 heterocycles. The Bertz CT molecular complexity index is 699. The van der Waals surface area contributed by atoms with Gasteiger partial charge in [0.05, 0.1) is 7.11 Å². The molecule has 0 radical (unpaired) electrons. The summed E-state index contributed by atoms with van der Waals surface area (Å²) in [5.41, 5.74) is 3.44. The molecular formula is C17H19N3O2. The monoisotopic (exact) mass is 297 g/mol. The van der Waals surface area contributed by atoms with Gasteiger partial charge in [-0.15, -0.1) is 0 Å². The lowest BCUT2D eigenvalue weighted by Crippen LogP contribution is -2.29. The molecule has 0 amide bonds. The molecule has 0 fully saturated rings. The molecule has 1 N–H and O–H groups in total. The summed E-state index contributed by atoms with van der Waals surface area (Å²) >= 11 is 0. The highest BCUT2D eigenvalue weighted by Crippen LogP contribution is 2.18. The Labute approximate surface area is 130 Å². The molecule has 5 nitrogen and oxygen atoms in total. The number of ether oxygens (including phenoxy) is 1. The highest BCUT2D eigenvalue weighted by atomic mass is 16.5. The van der Waals surface area contributed by atoms with Crippen LogP contribution < -0.4 is 5.32 Å². The van der Waals surface area contributed by atoms with Gasteiger partial charge in [0.2, 0.25) is 0 Å². The van der Waals surface area contributed by atoms with E-state index in [1.54, 1.807) is 0 Å². The smallest absolute Gasteiger partial charge is 0.327 e. The number of carbonyl (C=O) groups excluding carboxylic acids is 1. The number of nitriles is 1. The largest absolute Gasteiger partial charge is 0.468 e. The summed E-state index contributed by atoms with van der Waals surface area (Å²) in [5.74, 6) is -0.333. The average molecular weight is 297 g/mol. The van der Waals surface area contributed by atoms with Gasteiger partial charge < -0.3 is 9.30 Å². The van der Waals surface area contributed by atoms with Gasteiger partial charge in [0.25, 0.3) is 0 Å². The molecule has 0 aliphatic heterocycles. The van der Waals surface area contributed by atoms with Gasteiger partial charge in [0.15, 0.2) is 0 Å². The number of carbonyl (C=O) groups is 1. The zero-order valence-corrected chi connectivity index (χ0v) is 13.0. The van der Waals surface area contributed by atoms with E-state index in [1.165, 1.54) is 7.11 Å². The van der Waals surface area contributed by atoms with Crippen molar-refractivity contribution < 1.29 is 9.53 Å². The molecule has 0 aliphatic carbocycles. The Morgan fingerprint density at radius 1 is 1.41 bits per heavy atom. The standard InChI is InChI=1S/C17H19N3O2/c1-12-14(9-15(10-18)20(12)2)11-19-16(17(21)22-3)13-7-5-4-6-8-13/h4-9,16,19H,11H2,1-3H3/t16-/m0/s1. The summed E-state index contributed by atoms with van der Waals surface area (Å²) in [6.45, 7) is 2.43. The first-order chi connectivity index (χ1) is 10.6. The first kappa shape index (κ1) is 15.8. The van der Waals surface area contributed by atoms with E-state index in [0.29, 0.717) is 12.2 Å². The number of esters is 1. The Morgan fingerprint density at radius 2 is 2.09 bits per heavy atom. The predicted octanol–water partition coefficient (Wildman–Crippen LogP) is 2.21. The number of rotatable bonds is 5. The zero-order valence-electron chi connectivity index (χ0n) is 13.0. The molecule has 0 spiro atoms. The van der Waals surface area contributed by atoms with E-state index >= 15 is 0 Å². The normalized spacial score (nSPS) is 11.7. The lowest BCUT2D eigenvalue weighted by molar-refractivity contribution is -0.143. The fraction of sp³-hybridized carbons (Fsp3) is 0.294. The lowest BCUT2D eigenvalue weighted by Gasteiger charge is -2.17. The first-order valence-electron chi connectivity index (χ1n) is 7.00. The maximum Gasteiger partial charge on any atom is 0.327 e. The van der Waals surface area contributed by atoms with Gasteiger partial charge in [0.1, 0.15) is 17.8 Å². The second-order valence-corrected chi connectivity index (χ2v) is 5.06. The molecule has 0 bridgehead atoms. The topological polar surface area (TPSA) is 67.0 Å². The van der Waals surface area contributed by atoms with E-state index in [-0.39, 0.29) is 5.97 Å². The molecule has 1 atom stereocenters. The van der Waals surface area contributed by atoms with Crippen molar-refractivity contribution in [2.45, 2.75) is 19.5 Å². The van der Waals surface area contributed by atoms with Crippen LogP contribution in [0.15, 0.2) is 36.4 Å². The molecule has 0 unspecified atom stereocenters. The molecule has 0 aliphatic rings. The van der Waals surface area contributed by atoms with Gasteiger partial charge in [-0.3, -0.25) is 5.32 Å². The lowest BCUT2D eigenvalue weighted by atomic mass is 10.1. The Kier molecular flexibility index (Phi) is 4.97. The van der Waals surface area contributed by atoms with Gasteiger partial charge >= 0.3 is 5.97 Å². The second-order valence-electron chi connectivity index (χ2n) is 5.06. The van der Waals surface area contributed by atoms with Crippen LogP contribution in [0, 0.1) is 18.3 Å². The quantitative estimate of drug-likeness (QED) is 0.859. The van der Waals surface area contributed by atoms with Gasteiger partial charge in [-0.05, 0) is 24.1 Å². The third-order valence-electron chi connectivity index (χ3n) is 3.82. The van der Waals surface area contributed by atoms with Crippen LogP contribution in [0.2, 0.25) is 0 Å². The number of hydrogen-bond acceptors (Lipinski definition) is 4. The Balaban J connectivity index is 2.19. The van der Waals surface area contributed by atoms with Crippen LogP contribution in [0.25, 0.3) is 0 Å². The van der Waals surface area contributed by atoms with Crippen molar-refractivity contribution in [2.75, 3.05) is 7.11 Å². The zero-order chi connectivity index (χ0) is 16.1. The van der Waals surface area contributed by atoms with E-state index in [0.717, 1.165) is 16.8 Å². The molecule has 22 heavy (non-hydrogen) atoms. The van der Waals surface area contributed by atoms with E-state index in [9.17, 15) is 4.79 Å². The van der Waals surface area contributed by atoms with Crippen LogP contribution in [0.1, 0.15) is 28.6 Å². The number of benzene rings is 1. The van der Waals surface area contributed by atoms with Crippen molar-refractivity contribution in [2.24, 2.45) is 7.05 Å². The SMILES string of the molecule is COC(=O)[C@@H](NCc1cc(C#N)n(C)c1C)c1ccccc1. The summed E-state index contributed by atoms with van der Waals surface area (Å²) in [6, 6.07) is 12.9. The summed E-state index contributed by atoms with van der Waals surface area (Å²) in [7, 11) is 3.23. The van der Waals surface area contributed by atoms with Gasteiger partial charge in [-0.2, -0.15) is 5.26 Å². The van der Waals surface area contributed by atoms with Crippen molar-refractivity contribution in [3.63, 3.8) is 0 Å². The summed E-state index contributed by atoms with van der Waals surface area (Å²) in [6.07, 6.45) is 0. The maximum atomic E-state index is 12.0. The average Bonchev–Trinajstić information content (AvgIpc) is 2.83. The van der Waals surface area contributed by atoms with Crippen molar-refractivity contribution in [3.8, 4) is 6.07 Å². The number of nitrogens with zero attached hydrogens (tertiary/aromatic N) is 2. The van der Waals surface area contributed by atoms with Crippen LogP contribution in [0.5, 0.6) is 0 Å². The first-order valence-corrected chi connectivity index (χ1v) is 7.00. The van der Waals surface area contributed by atoms with Gasteiger partial charge in [-0.25, -0.2) is 4.79 Å². The molecular weight excluding hydrogens is 278 g/mol. The highest BCUT2D eigenvalue weighted by Gasteiger charge is 2.21. The second kappa shape index (κ2) is 6.92. The fourth-order valence-corrected chi connectivity index (χ4v) is 2.36. The molecule has 1 aromatic carbocycles. The minimum atomic E-state index is -0.531. The molecule has 0 saturated carbocycles. The molecule has 2 rings (SSSR count). The maximum absolute atomic E-state index is 12.0. The molecule has 5 heteroatoms. The molecule has 2 aromatic rings. The predicted molar refractivity (Wildman–Crippen MR) is 82.9 cm³/mol. The summed E-state index contributed by atoms with van der Waals surface area (Å²) < 4.78 is 6.72. The van der Waals surface area contributed by atoms with Gasteiger partial charge in [0, 0.05) is 19.3 Å².